The van der Waals surface area contributed by atoms with Crippen molar-refractivity contribution < 1.29 is 14.6 Å². The molecule has 0 fully saturated rings. The number of carbonyl (C=O) groups is 1. The largest absolute Gasteiger partial charge is 0.479 e. The van der Waals surface area contributed by atoms with Gasteiger partial charge in [-0.3, -0.25) is 0 Å². The lowest BCUT2D eigenvalue weighted by Gasteiger charge is -2.09. The van der Waals surface area contributed by atoms with Crippen LogP contribution in [-0.2, 0) is 4.79 Å². The van der Waals surface area contributed by atoms with Gasteiger partial charge in [0.1, 0.15) is 5.75 Å². The summed E-state index contributed by atoms with van der Waals surface area (Å²) < 4.78 is 5.07. The van der Waals surface area contributed by atoms with Gasteiger partial charge in [-0.15, -0.1) is 0 Å². The molecule has 1 N–H and O–H groups in total. The molecule has 72 valence electrons. The van der Waals surface area contributed by atoms with Crippen LogP contribution >= 0.6 is 0 Å². The molecule has 1 atom stereocenters. The van der Waals surface area contributed by atoms with Crippen LogP contribution in [0.15, 0.2) is 24.3 Å². The molecular weight excluding hydrogens is 182 g/mol. The van der Waals surface area contributed by atoms with Gasteiger partial charge in [-0.2, -0.15) is 5.26 Å². The van der Waals surface area contributed by atoms with Crippen LogP contribution in [0.3, 0.4) is 0 Å². The minimum atomic E-state index is -1.03. The second-order valence-corrected chi connectivity index (χ2v) is 2.74. The van der Waals surface area contributed by atoms with Crippen molar-refractivity contribution in [3.8, 4) is 11.8 Å². The van der Waals surface area contributed by atoms with Crippen LogP contribution in [0.25, 0.3) is 0 Å². The van der Waals surface area contributed by atoms with E-state index in [4.69, 9.17) is 15.1 Å². The number of nitrogens with zero attached hydrogens (tertiary/aromatic N) is 1. The molecule has 0 aliphatic rings. The first-order chi connectivity index (χ1) is 6.63. The van der Waals surface area contributed by atoms with E-state index in [1.807, 2.05) is 6.07 Å². The second-order valence-electron chi connectivity index (χ2n) is 2.74. The molecule has 0 aliphatic carbocycles. The minimum absolute atomic E-state index is 0.388. The van der Waals surface area contributed by atoms with Crippen LogP contribution in [-0.4, -0.2) is 17.2 Å². The molecule has 0 aromatic heterocycles. The van der Waals surface area contributed by atoms with Gasteiger partial charge in [-0.1, -0.05) is 6.07 Å². The van der Waals surface area contributed by atoms with Crippen molar-refractivity contribution in [3.63, 3.8) is 0 Å². The topological polar surface area (TPSA) is 70.3 Å². The van der Waals surface area contributed by atoms with Gasteiger partial charge in [0.05, 0.1) is 11.6 Å². The van der Waals surface area contributed by atoms with Gasteiger partial charge >= 0.3 is 5.97 Å². The molecule has 0 bridgehead atoms. The highest BCUT2D eigenvalue weighted by Crippen LogP contribution is 2.14. The first kappa shape index (κ1) is 10.1. The summed E-state index contributed by atoms with van der Waals surface area (Å²) in [5.41, 5.74) is 0.445. The Kier molecular flexibility index (Phi) is 3.08. The van der Waals surface area contributed by atoms with Crippen LogP contribution < -0.4 is 4.74 Å². The predicted octanol–water partition coefficient (Wildman–Crippen LogP) is 1.41. The fraction of sp³-hybridized carbons (Fsp3) is 0.200. The highest BCUT2D eigenvalue weighted by Gasteiger charge is 2.12. The van der Waals surface area contributed by atoms with Crippen LogP contribution in [0, 0.1) is 11.3 Å². The fourth-order valence-electron chi connectivity index (χ4n) is 0.893. The Morgan fingerprint density at radius 1 is 1.64 bits per heavy atom. The maximum Gasteiger partial charge on any atom is 0.344 e. The maximum absolute atomic E-state index is 10.5. The number of aliphatic carboxylic acids is 1. The van der Waals surface area contributed by atoms with Crippen LogP contribution in [0.4, 0.5) is 0 Å². The lowest BCUT2D eigenvalue weighted by molar-refractivity contribution is -0.144. The van der Waals surface area contributed by atoms with E-state index in [9.17, 15) is 4.79 Å². The molecule has 4 nitrogen and oxygen atoms in total. The van der Waals surface area contributed by atoms with Gasteiger partial charge in [0.25, 0.3) is 0 Å². The van der Waals surface area contributed by atoms with Gasteiger partial charge in [0.15, 0.2) is 6.10 Å². The average Bonchev–Trinajstić information content (AvgIpc) is 2.18. The third-order valence-electron chi connectivity index (χ3n) is 1.62. The van der Waals surface area contributed by atoms with Crippen LogP contribution in [0.1, 0.15) is 12.5 Å². The van der Waals surface area contributed by atoms with Gasteiger partial charge in [0, 0.05) is 0 Å². The molecule has 14 heavy (non-hydrogen) atoms. The van der Waals surface area contributed by atoms with E-state index < -0.39 is 12.1 Å². The molecule has 0 heterocycles. The summed E-state index contributed by atoms with van der Waals surface area (Å²) in [7, 11) is 0. The summed E-state index contributed by atoms with van der Waals surface area (Å²) in [6.07, 6.45) is -0.913. The minimum Gasteiger partial charge on any atom is -0.479 e. The number of hydrogen-bond donors (Lipinski definition) is 1. The summed E-state index contributed by atoms with van der Waals surface area (Å²) >= 11 is 0. The second kappa shape index (κ2) is 4.28. The Labute approximate surface area is 81.4 Å². The number of carboxylic acids is 1. The summed E-state index contributed by atoms with van der Waals surface area (Å²) in [6, 6.07) is 8.32. The Balaban J connectivity index is 2.78. The molecule has 4 heteroatoms. The lowest BCUT2D eigenvalue weighted by atomic mass is 10.2. The van der Waals surface area contributed by atoms with E-state index in [2.05, 4.69) is 0 Å². The highest BCUT2D eigenvalue weighted by molar-refractivity contribution is 5.72. The van der Waals surface area contributed by atoms with Gasteiger partial charge in [-0.05, 0) is 25.1 Å². The summed E-state index contributed by atoms with van der Waals surface area (Å²) in [6.45, 7) is 1.43. The number of hydrogen-bond acceptors (Lipinski definition) is 3. The zero-order chi connectivity index (χ0) is 10.6. The van der Waals surface area contributed by atoms with Crippen molar-refractivity contribution in [1.29, 1.82) is 5.26 Å². The molecule has 0 amide bonds. The maximum atomic E-state index is 10.5. The monoisotopic (exact) mass is 191 g/mol. The number of rotatable bonds is 3. The van der Waals surface area contributed by atoms with Crippen LogP contribution in [0.2, 0.25) is 0 Å². The summed E-state index contributed by atoms with van der Waals surface area (Å²) in [5, 5.41) is 17.2. The molecule has 0 saturated heterocycles. The van der Waals surface area contributed by atoms with E-state index in [1.54, 1.807) is 18.2 Å². The smallest absolute Gasteiger partial charge is 0.344 e. The van der Waals surface area contributed by atoms with Crippen molar-refractivity contribution in [2.45, 2.75) is 13.0 Å². The Bertz CT molecular complexity index is 381. The Morgan fingerprint density at radius 3 is 2.93 bits per heavy atom. The molecule has 1 rings (SSSR count). The first-order valence-corrected chi connectivity index (χ1v) is 4.03. The van der Waals surface area contributed by atoms with Crippen molar-refractivity contribution in [3.05, 3.63) is 29.8 Å². The standard InChI is InChI=1S/C10H9NO3/c1-7(10(12)13)14-9-4-2-3-8(5-9)6-11/h2-5,7H,1H3,(H,12,13)/t7-/m0/s1. The molecule has 0 unspecified atom stereocenters. The summed E-state index contributed by atoms with van der Waals surface area (Å²) in [4.78, 5) is 10.5. The van der Waals surface area contributed by atoms with Crippen LogP contribution in [0.5, 0.6) is 5.75 Å². The quantitative estimate of drug-likeness (QED) is 0.784. The molecule has 0 aliphatic heterocycles. The van der Waals surface area contributed by atoms with E-state index in [1.165, 1.54) is 13.0 Å². The molecule has 1 aromatic rings. The van der Waals surface area contributed by atoms with Crippen molar-refractivity contribution in [2.75, 3.05) is 0 Å². The normalized spacial score (nSPS) is 11.4. The van der Waals surface area contributed by atoms with Gasteiger partial charge in [-0.25, -0.2) is 4.79 Å². The van der Waals surface area contributed by atoms with Gasteiger partial charge in [0.2, 0.25) is 0 Å². The third-order valence-corrected chi connectivity index (χ3v) is 1.62. The van der Waals surface area contributed by atoms with Crippen molar-refractivity contribution in [2.24, 2.45) is 0 Å². The molecular formula is C10H9NO3. The van der Waals surface area contributed by atoms with Crippen molar-refractivity contribution >= 4 is 5.97 Å². The molecule has 0 radical (unpaired) electrons. The highest BCUT2D eigenvalue weighted by atomic mass is 16.5. The molecule has 0 spiro atoms. The number of carboxylic acid groups (broad SMARTS) is 1. The molecule has 0 saturated carbocycles. The number of ether oxygens (including phenoxy) is 1. The van der Waals surface area contributed by atoms with E-state index in [-0.39, 0.29) is 0 Å². The zero-order valence-corrected chi connectivity index (χ0v) is 7.60. The van der Waals surface area contributed by atoms with E-state index in [0.717, 1.165) is 0 Å². The lowest BCUT2D eigenvalue weighted by Crippen LogP contribution is -2.22. The van der Waals surface area contributed by atoms with E-state index >= 15 is 0 Å². The van der Waals surface area contributed by atoms with Crippen molar-refractivity contribution in [1.82, 2.24) is 0 Å². The number of benzene rings is 1. The molecule has 1 aromatic carbocycles. The third kappa shape index (κ3) is 2.49. The van der Waals surface area contributed by atoms with Gasteiger partial charge < -0.3 is 9.84 Å². The Hall–Kier alpha value is -2.02. The zero-order valence-electron chi connectivity index (χ0n) is 7.60. The first-order valence-electron chi connectivity index (χ1n) is 4.03. The van der Waals surface area contributed by atoms with E-state index in [0.29, 0.717) is 11.3 Å². The predicted molar refractivity (Wildman–Crippen MR) is 48.9 cm³/mol. The number of nitriles is 1. The average molecular weight is 191 g/mol. The summed E-state index contributed by atoms with van der Waals surface area (Å²) in [5.74, 6) is -0.647. The SMILES string of the molecule is C[C@H](Oc1cccc(C#N)c1)C(=O)O. The Morgan fingerprint density at radius 2 is 2.36 bits per heavy atom. The fourth-order valence-corrected chi connectivity index (χ4v) is 0.893.